The van der Waals surface area contributed by atoms with Crippen molar-refractivity contribution in [2.24, 2.45) is 0 Å². The molecule has 2 amide bonds. The standard InChI is InChI=1S/C15H19FN2O2/c1-3-10(2)18-14(19)8-13(15(18)20)17-9-11-4-6-12(16)7-5-11/h4-7,10,13,17H,3,8-9H2,1-2H3. The number of rotatable bonds is 5. The minimum absolute atomic E-state index is 0.0624. The number of nitrogens with one attached hydrogen (secondary N) is 1. The molecule has 5 heteroatoms. The summed E-state index contributed by atoms with van der Waals surface area (Å²) in [7, 11) is 0. The number of imide groups is 1. The Balaban J connectivity index is 1.96. The van der Waals surface area contributed by atoms with Crippen molar-refractivity contribution in [1.82, 2.24) is 10.2 Å². The molecule has 2 unspecified atom stereocenters. The fourth-order valence-corrected chi connectivity index (χ4v) is 2.30. The summed E-state index contributed by atoms with van der Waals surface area (Å²) in [6.45, 7) is 4.26. The molecule has 1 saturated heterocycles. The highest BCUT2D eigenvalue weighted by molar-refractivity contribution is 6.05. The Morgan fingerprint density at radius 3 is 2.60 bits per heavy atom. The van der Waals surface area contributed by atoms with Crippen LogP contribution in [0.3, 0.4) is 0 Å². The molecule has 20 heavy (non-hydrogen) atoms. The molecule has 0 spiro atoms. The van der Waals surface area contributed by atoms with Crippen molar-refractivity contribution in [3.05, 3.63) is 35.6 Å². The van der Waals surface area contributed by atoms with E-state index < -0.39 is 6.04 Å². The third-order valence-electron chi connectivity index (χ3n) is 3.68. The van der Waals surface area contributed by atoms with Crippen molar-refractivity contribution < 1.29 is 14.0 Å². The molecule has 1 aliphatic rings. The second kappa shape index (κ2) is 6.13. The van der Waals surface area contributed by atoms with Crippen molar-refractivity contribution >= 4 is 11.8 Å². The minimum atomic E-state index is -0.471. The average molecular weight is 278 g/mol. The number of hydrogen-bond donors (Lipinski definition) is 1. The van der Waals surface area contributed by atoms with Gasteiger partial charge < -0.3 is 5.32 Å². The highest BCUT2D eigenvalue weighted by Gasteiger charge is 2.40. The zero-order chi connectivity index (χ0) is 14.7. The van der Waals surface area contributed by atoms with Gasteiger partial charge in [0.2, 0.25) is 11.8 Å². The summed E-state index contributed by atoms with van der Waals surface area (Å²) >= 11 is 0. The van der Waals surface area contributed by atoms with E-state index >= 15 is 0 Å². The third-order valence-corrected chi connectivity index (χ3v) is 3.68. The Morgan fingerprint density at radius 2 is 2.00 bits per heavy atom. The van der Waals surface area contributed by atoms with E-state index in [2.05, 4.69) is 5.32 Å². The van der Waals surface area contributed by atoms with Crippen LogP contribution in [-0.2, 0) is 16.1 Å². The number of carbonyl (C=O) groups excluding carboxylic acids is 2. The number of amides is 2. The maximum Gasteiger partial charge on any atom is 0.247 e. The van der Waals surface area contributed by atoms with E-state index in [1.54, 1.807) is 12.1 Å². The van der Waals surface area contributed by atoms with E-state index in [9.17, 15) is 14.0 Å². The lowest BCUT2D eigenvalue weighted by molar-refractivity contribution is -0.141. The van der Waals surface area contributed by atoms with Crippen LogP contribution in [0.4, 0.5) is 4.39 Å². The van der Waals surface area contributed by atoms with E-state index in [1.807, 2.05) is 13.8 Å². The van der Waals surface area contributed by atoms with Crippen LogP contribution in [0.15, 0.2) is 24.3 Å². The van der Waals surface area contributed by atoms with Crippen LogP contribution in [0.5, 0.6) is 0 Å². The molecule has 1 N–H and O–H groups in total. The van der Waals surface area contributed by atoms with Gasteiger partial charge in [-0.3, -0.25) is 14.5 Å². The molecule has 0 aromatic heterocycles. The normalized spacial score (nSPS) is 20.6. The van der Waals surface area contributed by atoms with Crippen molar-refractivity contribution in [2.45, 2.75) is 45.3 Å². The van der Waals surface area contributed by atoms with Gasteiger partial charge in [0.05, 0.1) is 12.5 Å². The molecule has 0 saturated carbocycles. The highest BCUT2D eigenvalue weighted by atomic mass is 19.1. The molecule has 1 aromatic rings. The lowest BCUT2D eigenvalue weighted by Gasteiger charge is -2.21. The first kappa shape index (κ1) is 14.7. The fourth-order valence-electron chi connectivity index (χ4n) is 2.30. The summed E-state index contributed by atoms with van der Waals surface area (Å²) < 4.78 is 12.8. The molecular formula is C15H19FN2O2. The third kappa shape index (κ3) is 3.04. The summed E-state index contributed by atoms with van der Waals surface area (Å²) in [4.78, 5) is 25.4. The first-order valence-electron chi connectivity index (χ1n) is 6.86. The van der Waals surface area contributed by atoms with Crippen molar-refractivity contribution in [2.75, 3.05) is 0 Å². The van der Waals surface area contributed by atoms with Crippen LogP contribution in [0, 0.1) is 5.82 Å². The SMILES string of the molecule is CCC(C)N1C(=O)CC(NCc2ccc(F)cc2)C1=O. The molecule has 1 aliphatic heterocycles. The number of halogens is 1. The molecule has 0 radical (unpaired) electrons. The predicted molar refractivity (Wildman–Crippen MR) is 73.3 cm³/mol. The summed E-state index contributed by atoms with van der Waals surface area (Å²) in [5, 5.41) is 3.07. The van der Waals surface area contributed by atoms with E-state index in [0.29, 0.717) is 6.54 Å². The van der Waals surface area contributed by atoms with Crippen LogP contribution >= 0.6 is 0 Å². The van der Waals surface area contributed by atoms with Gasteiger partial charge in [-0.15, -0.1) is 0 Å². The van der Waals surface area contributed by atoms with Crippen LogP contribution in [0.2, 0.25) is 0 Å². The second-order valence-electron chi connectivity index (χ2n) is 5.12. The number of carbonyl (C=O) groups is 2. The number of hydrogen-bond acceptors (Lipinski definition) is 3. The van der Waals surface area contributed by atoms with Gasteiger partial charge in [0.25, 0.3) is 0 Å². The van der Waals surface area contributed by atoms with Gasteiger partial charge in [0.15, 0.2) is 0 Å². The maximum atomic E-state index is 12.8. The molecule has 2 rings (SSSR count). The molecule has 0 aliphatic carbocycles. The highest BCUT2D eigenvalue weighted by Crippen LogP contribution is 2.18. The van der Waals surface area contributed by atoms with Gasteiger partial charge in [-0.05, 0) is 31.0 Å². The first-order chi connectivity index (χ1) is 9.52. The minimum Gasteiger partial charge on any atom is -0.301 e. The summed E-state index contributed by atoms with van der Waals surface area (Å²) in [5.74, 6) is -0.573. The Bertz CT molecular complexity index is 501. The van der Waals surface area contributed by atoms with E-state index in [4.69, 9.17) is 0 Å². The van der Waals surface area contributed by atoms with Crippen LogP contribution in [-0.4, -0.2) is 28.8 Å². The topological polar surface area (TPSA) is 49.4 Å². The monoisotopic (exact) mass is 278 g/mol. The summed E-state index contributed by atoms with van der Waals surface area (Å²) in [5.41, 5.74) is 0.883. The molecule has 1 fully saturated rings. The molecule has 108 valence electrons. The molecule has 1 aromatic carbocycles. The molecule has 4 nitrogen and oxygen atoms in total. The maximum absolute atomic E-state index is 12.8. The van der Waals surface area contributed by atoms with Crippen molar-refractivity contribution in [1.29, 1.82) is 0 Å². The Hall–Kier alpha value is -1.75. The lowest BCUT2D eigenvalue weighted by Crippen LogP contribution is -2.42. The number of benzene rings is 1. The van der Waals surface area contributed by atoms with Crippen LogP contribution in [0.1, 0.15) is 32.3 Å². The average Bonchev–Trinajstić information content (AvgIpc) is 2.72. The van der Waals surface area contributed by atoms with Gasteiger partial charge in [-0.25, -0.2) is 4.39 Å². The van der Waals surface area contributed by atoms with E-state index in [0.717, 1.165) is 12.0 Å². The summed E-state index contributed by atoms with van der Waals surface area (Å²) in [6.07, 6.45) is 0.951. The Kier molecular flexibility index (Phi) is 4.49. The largest absolute Gasteiger partial charge is 0.301 e. The molecule has 0 bridgehead atoms. The van der Waals surface area contributed by atoms with Crippen LogP contribution in [0.25, 0.3) is 0 Å². The smallest absolute Gasteiger partial charge is 0.247 e. The summed E-state index contributed by atoms with van der Waals surface area (Å²) in [6, 6.07) is 5.55. The fraction of sp³-hybridized carbons (Fsp3) is 0.467. The van der Waals surface area contributed by atoms with Gasteiger partial charge in [0, 0.05) is 12.6 Å². The van der Waals surface area contributed by atoms with E-state index in [-0.39, 0.29) is 30.1 Å². The Labute approximate surface area is 118 Å². The van der Waals surface area contributed by atoms with Gasteiger partial charge in [-0.1, -0.05) is 19.1 Å². The predicted octanol–water partition coefficient (Wildman–Crippen LogP) is 1.84. The molecule has 2 atom stereocenters. The Morgan fingerprint density at radius 1 is 1.35 bits per heavy atom. The second-order valence-corrected chi connectivity index (χ2v) is 5.12. The van der Waals surface area contributed by atoms with Gasteiger partial charge in [0.1, 0.15) is 5.82 Å². The molecule has 1 heterocycles. The van der Waals surface area contributed by atoms with Gasteiger partial charge in [-0.2, -0.15) is 0 Å². The number of likely N-dealkylation sites (tertiary alicyclic amines) is 1. The van der Waals surface area contributed by atoms with Crippen molar-refractivity contribution in [3.8, 4) is 0 Å². The van der Waals surface area contributed by atoms with Crippen molar-refractivity contribution in [3.63, 3.8) is 0 Å². The zero-order valence-electron chi connectivity index (χ0n) is 11.7. The quantitative estimate of drug-likeness (QED) is 0.836. The zero-order valence-corrected chi connectivity index (χ0v) is 11.7. The van der Waals surface area contributed by atoms with E-state index in [1.165, 1.54) is 17.0 Å². The van der Waals surface area contributed by atoms with Gasteiger partial charge >= 0.3 is 0 Å². The molecular weight excluding hydrogens is 259 g/mol. The lowest BCUT2D eigenvalue weighted by atomic mass is 10.2. The first-order valence-corrected chi connectivity index (χ1v) is 6.86. The number of nitrogens with zero attached hydrogens (tertiary/aromatic N) is 1. The van der Waals surface area contributed by atoms with Crippen LogP contribution < -0.4 is 5.32 Å².